The van der Waals surface area contributed by atoms with Crippen molar-refractivity contribution >= 4 is 41.4 Å². The van der Waals surface area contributed by atoms with Crippen LogP contribution in [0.1, 0.15) is 19.8 Å². The zero-order valence-corrected chi connectivity index (χ0v) is 19.6. The normalized spacial score (nSPS) is 40.5. The van der Waals surface area contributed by atoms with Crippen LogP contribution in [0.15, 0.2) is 0 Å². The van der Waals surface area contributed by atoms with Crippen LogP contribution in [-0.4, -0.2) is 100 Å². The number of aliphatic hydroxyl groups excluding tert-OH is 3. The predicted molar refractivity (Wildman–Crippen MR) is 116 cm³/mol. The number of thioether (sulfide) groups is 1. The first kappa shape index (κ1) is 26.4. The van der Waals surface area contributed by atoms with Crippen molar-refractivity contribution in [1.82, 2.24) is 10.6 Å². The Hall–Kier alpha value is 0.150. The van der Waals surface area contributed by atoms with Gasteiger partial charge in [0.15, 0.2) is 0 Å². The van der Waals surface area contributed by atoms with E-state index < -0.39 is 47.3 Å². The highest BCUT2D eigenvalue weighted by molar-refractivity contribution is 7.99. The van der Waals surface area contributed by atoms with Crippen molar-refractivity contribution < 1.29 is 33.5 Å². The standard InChI is InChI=1S/C17H29ClN2O6S.CH3FS/c1-7(18)9(15-12(22)11(21)13(23)17(26-15)27-2)20-16(24)10-14-8(6-19-10)4-3-5-25-14;1-3-2/h7-15,17,19,21-23H,3-6H2,1-2H3,(H,20,24);1H3/t7-,8-,9+,10-,11+,12?,13+,14+,15+,17?;/m0./s1. The number of alkyl halides is 1. The quantitative estimate of drug-likeness (QED) is 0.346. The summed E-state index contributed by atoms with van der Waals surface area (Å²) in [6, 6.07) is -1.23. The van der Waals surface area contributed by atoms with Crippen LogP contribution in [-0.2, 0) is 14.3 Å². The predicted octanol–water partition coefficient (Wildman–Crippen LogP) is 0.270. The number of carbonyl (C=O) groups is 1. The SMILES string of the molecule is CSC1O[C@H]([C@H](NC(=O)[C@H]2NC[C@@H]3CCCO[C@H]32)[C@H](C)Cl)C(O)[C@@H](O)[C@H]1O.CSF. The molecule has 3 saturated heterocycles. The van der Waals surface area contributed by atoms with Crippen LogP contribution in [0.5, 0.6) is 0 Å². The molecule has 0 radical (unpaired) electrons. The second-order valence-electron chi connectivity index (χ2n) is 7.67. The van der Waals surface area contributed by atoms with Gasteiger partial charge in [-0.1, -0.05) is 0 Å². The Morgan fingerprint density at radius 1 is 1.27 bits per heavy atom. The molecular weight excluding hydrogens is 459 g/mol. The van der Waals surface area contributed by atoms with Crippen LogP contribution in [0.3, 0.4) is 0 Å². The number of nitrogens with one attached hydrogen (secondary N) is 2. The van der Waals surface area contributed by atoms with E-state index in [4.69, 9.17) is 21.1 Å². The summed E-state index contributed by atoms with van der Waals surface area (Å²) in [7, 11) is 0. The van der Waals surface area contributed by atoms with E-state index in [-0.39, 0.29) is 24.2 Å². The molecule has 0 aliphatic carbocycles. The summed E-state index contributed by atoms with van der Waals surface area (Å²) < 4.78 is 21.8. The Labute approximate surface area is 190 Å². The lowest BCUT2D eigenvalue weighted by Crippen LogP contribution is -2.65. The number of fused-ring (bicyclic) bond motifs is 1. The molecule has 8 nitrogen and oxygen atoms in total. The van der Waals surface area contributed by atoms with E-state index in [2.05, 4.69) is 10.6 Å². The van der Waals surface area contributed by atoms with E-state index in [0.717, 1.165) is 19.4 Å². The van der Waals surface area contributed by atoms with E-state index in [1.54, 1.807) is 13.2 Å². The highest BCUT2D eigenvalue weighted by Crippen LogP contribution is 2.31. The van der Waals surface area contributed by atoms with Gasteiger partial charge in [0.05, 0.1) is 17.5 Å². The largest absolute Gasteiger partial charge is 0.388 e. The number of halogens is 2. The highest BCUT2D eigenvalue weighted by atomic mass is 35.5. The molecule has 3 rings (SSSR count). The van der Waals surface area contributed by atoms with Gasteiger partial charge in [-0.2, -0.15) is 3.89 Å². The number of ether oxygens (including phenoxy) is 2. The smallest absolute Gasteiger partial charge is 0.240 e. The van der Waals surface area contributed by atoms with Gasteiger partial charge in [-0.05, 0) is 31.9 Å². The molecule has 3 fully saturated rings. The molecule has 2 unspecified atom stereocenters. The summed E-state index contributed by atoms with van der Waals surface area (Å²) in [5, 5.41) is 36.1. The lowest BCUT2D eigenvalue weighted by atomic mass is 9.91. The summed E-state index contributed by atoms with van der Waals surface area (Å²) in [5.74, 6) is 0.0507. The molecule has 176 valence electrons. The molecule has 0 aromatic carbocycles. The minimum absolute atomic E-state index is 0.173. The molecular formula is C18H32ClFN2O6S2. The van der Waals surface area contributed by atoms with E-state index in [1.165, 1.54) is 18.0 Å². The molecule has 1 amide bonds. The van der Waals surface area contributed by atoms with Gasteiger partial charge in [-0.3, -0.25) is 4.79 Å². The lowest BCUT2D eigenvalue weighted by Gasteiger charge is -2.44. The molecule has 3 aliphatic rings. The third-order valence-corrected chi connectivity index (χ3v) is 6.83. The topological polar surface area (TPSA) is 120 Å². The monoisotopic (exact) mass is 490 g/mol. The van der Waals surface area contributed by atoms with E-state index in [9.17, 15) is 24.0 Å². The minimum Gasteiger partial charge on any atom is -0.388 e. The fourth-order valence-electron chi connectivity index (χ4n) is 4.17. The molecule has 3 heterocycles. The van der Waals surface area contributed by atoms with Crippen molar-refractivity contribution in [3.8, 4) is 0 Å². The minimum atomic E-state index is -1.38. The first-order valence-electron chi connectivity index (χ1n) is 9.93. The number of aliphatic hydroxyl groups is 3. The lowest BCUT2D eigenvalue weighted by molar-refractivity contribution is -0.205. The summed E-state index contributed by atoms with van der Waals surface area (Å²) in [5.41, 5.74) is -0.723. The van der Waals surface area contributed by atoms with Crippen molar-refractivity contribution in [2.75, 3.05) is 25.7 Å². The second-order valence-corrected chi connectivity index (χ2v) is 9.60. The second kappa shape index (κ2) is 12.4. The third-order valence-electron chi connectivity index (χ3n) is 5.70. The Kier molecular flexibility index (Phi) is 10.9. The van der Waals surface area contributed by atoms with Crippen LogP contribution in [0.4, 0.5) is 3.89 Å². The van der Waals surface area contributed by atoms with Gasteiger partial charge in [-0.25, -0.2) is 0 Å². The van der Waals surface area contributed by atoms with Crippen molar-refractivity contribution in [2.24, 2.45) is 5.92 Å². The maximum absolute atomic E-state index is 12.9. The molecule has 3 aliphatic heterocycles. The number of rotatable bonds is 5. The van der Waals surface area contributed by atoms with Crippen LogP contribution in [0, 0.1) is 5.92 Å². The van der Waals surface area contributed by atoms with Gasteiger partial charge in [0, 0.05) is 31.6 Å². The molecule has 12 heteroatoms. The molecule has 5 N–H and O–H groups in total. The number of carbonyl (C=O) groups excluding carboxylic acids is 1. The third kappa shape index (κ3) is 6.14. The Morgan fingerprint density at radius 2 is 1.93 bits per heavy atom. The Balaban J connectivity index is 0.00000101. The number of amides is 1. The summed E-state index contributed by atoms with van der Waals surface area (Å²) in [4.78, 5) is 12.9. The summed E-state index contributed by atoms with van der Waals surface area (Å²) in [6.07, 6.45) is 0.0431. The van der Waals surface area contributed by atoms with Gasteiger partial charge in [0.25, 0.3) is 0 Å². The van der Waals surface area contributed by atoms with Crippen LogP contribution < -0.4 is 10.6 Å². The molecule has 0 spiro atoms. The Morgan fingerprint density at radius 3 is 2.53 bits per heavy atom. The van der Waals surface area contributed by atoms with Crippen LogP contribution in [0.25, 0.3) is 0 Å². The summed E-state index contributed by atoms with van der Waals surface area (Å²) >= 11 is 7.77. The van der Waals surface area contributed by atoms with E-state index >= 15 is 0 Å². The average Bonchev–Trinajstić information content (AvgIpc) is 3.15. The molecule has 0 saturated carbocycles. The average molecular weight is 491 g/mol. The fraction of sp³-hybridized carbons (Fsp3) is 0.944. The molecule has 30 heavy (non-hydrogen) atoms. The maximum atomic E-state index is 12.9. The van der Waals surface area contributed by atoms with E-state index in [0.29, 0.717) is 12.5 Å². The zero-order valence-electron chi connectivity index (χ0n) is 17.2. The zero-order chi connectivity index (χ0) is 22.4. The number of hydrogen-bond acceptors (Lipinski definition) is 9. The summed E-state index contributed by atoms with van der Waals surface area (Å²) in [6.45, 7) is 3.06. The van der Waals surface area contributed by atoms with Gasteiger partial charge in [0.1, 0.15) is 35.9 Å². The molecule has 0 bridgehead atoms. The molecule has 0 aromatic heterocycles. The van der Waals surface area contributed by atoms with Gasteiger partial charge < -0.3 is 35.4 Å². The fourth-order valence-corrected chi connectivity index (χ4v) is 5.05. The van der Waals surface area contributed by atoms with Gasteiger partial charge in [-0.15, -0.1) is 23.4 Å². The van der Waals surface area contributed by atoms with Crippen molar-refractivity contribution in [3.05, 3.63) is 0 Å². The van der Waals surface area contributed by atoms with Crippen molar-refractivity contribution in [2.45, 2.75) is 73.2 Å². The molecule has 10 atom stereocenters. The number of hydrogen-bond donors (Lipinski definition) is 5. The highest BCUT2D eigenvalue weighted by Gasteiger charge is 2.49. The van der Waals surface area contributed by atoms with Crippen molar-refractivity contribution in [1.29, 1.82) is 0 Å². The van der Waals surface area contributed by atoms with Crippen molar-refractivity contribution in [3.63, 3.8) is 0 Å². The van der Waals surface area contributed by atoms with Gasteiger partial charge in [0.2, 0.25) is 5.91 Å². The first-order chi connectivity index (χ1) is 14.3. The molecule has 0 aromatic rings. The Bertz CT molecular complexity index is 553. The van der Waals surface area contributed by atoms with E-state index in [1.807, 2.05) is 0 Å². The maximum Gasteiger partial charge on any atom is 0.240 e. The van der Waals surface area contributed by atoms with Crippen LogP contribution >= 0.6 is 35.5 Å². The first-order valence-corrected chi connectivity index (χ1v) is 12.8. The van der Waals surface area contributed by atoms with Gasteiger partial charge >= 0.3 is 0 Å². The van der Waals surface area contributed by atoms with Crippen LogP contribution in [0.2, 0.25) is 0 Å².